The van der Waals surface area contributed by atoms with Gasteiger partial charge in [-0.05, 0) is 6.08 Å². The second-order valence-electron chi connectivity index (χ2n) is 1.12. The molecule has 0 aromatic rings. The average molecular weight is 83.1 g/mol. The summed E-state index contributed by atoms with van der Waals surface area (Å²) >= 11 is 0. The Morgan fingerprint density at radius 1 is 1.67 bits per heavy atom. The van der Waals surface area contributed by atoms with Crippen molar-refractivity contribution in [3.8, 4) is 0 Å². The van der Waals surface area contributed by atoms with Gasteiger partial charge < -0.3 is 0 Å². The molecule has 0 atom stereocenters. The van der Waals surface area contributed by atoms with Crippen molar-refractivity contribution in [1.82, 2.24) is 5.32 Å². The maximum Gasteiger partial charge on any atom is 0.234 e. The van der Waals surface area contributed by atoms with Crippen molar-refractivity contribution in [2.24, 2.45) is 0 Å². The molecule has 2 heteroatoms. The summed E-state index contributed by atoms with van der Waals surface area (Å²) in [7, 11) is 0. The Labute approximate surface area is 36.6 Å². The molecule has 1 heterocycles. The van der Waals surface area contributed by atoms with Gasteiger partial charge in [-0.25, -0.2) is 0 Å². The maximum atomic E-state index is 2.96. The molecule has 1 aliphatic rings. The zero-order valence-electron chi connectivity index (χ0n) is 3.44. The topological polar surface area (TPSA) is 26.0 Å². The van der Waals surface area contributed by atoms with Gasteiger partial charge in [0.1, 0.15) is 6.54 Å². The highest BCUT2D eigenvalue weighted by Crippen LogP contribution is 1.56. The monoisotopic (exact) mass is 83.1 g/mol. The molecule has 0 radical (unpaired) electrons. The van der Waals surface area contributed by atoms with Gasteiger partial charge in [-0.1, -0.05) is 0 Å². The molecule has 6 heavy (non-hydrogen) atoms. The molecular formula is C4H7N2+. The summed E-state index contributed by atoms with van der Waals surface area (Å²) < 4.78 is 0. The lowest BCUT2D eigenvalue weighted by atomic mass is 10.6. The lowest BCUT2D eigenvalue weighted by Crippen LogP contribution is -2.71. The van der Waals surface area contributed by atoms with E-state index in [1.165, 1.54) is 0 Å². The molecule has 32 valence electrons. The number of hydrogen-bond donors (Lipinski definition) is 2. The van der Waals surface area contributed by atoms with Gasteiger partial charge in [0.15, 0.2) is 0 Å². The van der Waals surface area contributed by atoms with Crippen molar-refractivity contribution in [3.05, 3.63) is 12.3 Å². The largest absolute Gasteiger partial charge is 0.277 e. The molecule has 0 aromatic carbocycles. The maximum absolute atomic E-state index is 2.96. The van der Waals surface area contributed by atoms with Crippen LogP contribution in [0, 0.1) is 0 Å². The van der Waals surface area contributed by atoms with Crippen LogP contribution in [-0.2, 0) is 0 Å². The Morgan fingerprint density at radius 2 is 2.67 bits per heavy atom. The third kappa shape index (κ3) is 0.578. The fourth-order valence-electron chi connectivity index (χ4n) is 0.361. The van der Waals surface area contributed by atoms with E-state index < -0.39 is 0 Å². The Kier molecular flexibility index (Phi) is 0.906. The average Bonchev–Trinajstić information content (AvgIpc) is 1.72. The zero-order chi connectivity index (χ0) is 4.24. The molecule has 0 saturated heterocycles. The van der Waals surface area contributed by atoms with E-state index >= 15 is 0 Å². The molecule has 2 N–H and O–H groups in total. The van der Waals surface area contributed by atoms with Gasteiger partial charge in [0.05, 0.1) is 6.20 Å². The molecule has 1 rings (SSSR count). The minimum atomic E-state index is 0.951. The Bertz CT molecular complexity index is 63.5. The standard InChI is InChI=1S/C4H6N2/c1-2-5-4-6-3-1/h1-2,4H,3H2,(H,5,6)/p+1. The van der Waals surface area contributed by atoms with Crippen LogP contribution in [0.2, 0.25) is 0 Å². The van der Waals surface area contributed by atoms with Crippen LogP contribution in [-0.4, -0.2) is 12.9 Å². The third-order valence-corrected chi connectivity index (χ3v) is 0.635. The van der Waals surface area contributed by atoms with Gasteiger partial charge in [-0.3, -0.25) is 10.3 Å². The summed E-state index contributed by atoms with van der Waals surface area (Å²) in [6.07, 6.45) is 5.72. The van der Waals surface area contributed by atoms with Crippen molar-refractivity contribution in [3.63, 3.8) is 0 Å². The van der Waals surface area contributed by atoms with Gasteiger partial charge in [0.25, 0.3) is 0 Å². The first kappa shape index (κ1) is 3.40. The van der Waals surface area contributed by atoms with Crippen LogP contribution in [0.3, 0.4) is 0 Å². The van der Waals surface area contributed by atoms with Crippen molar-refractivity contribution in [1.29, 1.82) is 0 Å². The number of nitrogens with one attached hydrogen (secondary N) is 2. The number of rotatable bonds is 0. The third-order valence-electron chi connectivity index (χ3n) is 0.635. The molecular weight excluding hydrogens is 76.1 g/mol. The summed E-state index contributed by atoms with van der Waals surface area (Å²) in [6, 6.07) is 0. The van der Waals surface area contributed by atoms with Gasteiger partial charge >= 0.3 is 0 Å². The summed E-state index contributed by atoms with van der Waals surface area (Å²) in [4.78, 5) is 2.96. The van der Waals surface area contributed by atoms with E-state index in [0.717, 1.165) is 6.54 Å². The minimum Gasteiger partial charge on any atom is -0.277 e. The van der Waals surface area contributed by atoms with Crippen LogP contribution in [0.1, 0.15) is 0 Å². The van der Waals surface area contributed by atoms with Crippen LogP contribution in [0.15, 0.2) is 12.3 Å². The molecule has 0 fully saturated rings. The van der Waals surface area contributed by atoms with Gasteiger partial charge in [0.2, 0.25) is 6.34 Å². The van der Waals surface area contributed by atoms with Crippen molar-refractivity contribution >= 4 is 6.34 Å². The smallest absolute Gasteiger partial charge is 0.234 e. The highest BCUT2D eigenvalue weighted by Gasteiger charge is 1.80. The summed E-state index contributed by atoms with van der Waals surface area (Å²) in [5, 5.41) is 2.87. The molecule has 0 aromatic heterocycles. The molecule has 0 saturated carbocycles. The van der Waals surface area contributed by atoms with Crippen molar-refractivity contribution in [2.45, 2.75) is 0 Å². The predicted octanol–water partition coefficient (Wildman–Crippen LogP) is -1.79. The molecule has 0 spiro atoms. The van der Waals surface area contributed by atoms with E-state index in [9.17, 15) is 0 Å². The molecule has 0 amide bonds. The SMILES string of the molecule is C1=CNC=[NH+]C1. The second-order valence-corrected chi connectivity index (χ2v) is 1.12. The lowest BCUT2D eigenvalue weighted by Gasteiger charge is -1.84. The van der Waals surface area contributed by atoms with Crippen molar-refractivity contribution < 1.29 is 4.99 Å². The quantitative estimate of drug-likeness (QED) is 0.355. The van der Waals surface area contributed by atoms with Crippen LogP contribution < -0.4 is 10.3 Å². The number of hydrogen-bond acceptors (Lipinski definition) is 1. The van der Waals surface area contributed by atoms with Gasteiger partial charge in [-0.15, -0.1) is 0 Å². The van der Waals surface area contributed by atoms with Gasteiger partial charge in [-0.2, -0.15) is 0 Å². The summed E-state index contributed by atoms with van der Waals surface area (Å²) in [6.45, 7) is 0.951. The molecule has 0 unspecified atom stereocenters. The van der Waals surface area contributed by atoms with E-state index in [4.69, 9.17) is 0 Å². The van der Waals surface area contributed by atoms with Crippen molar-refractivity contribution in [2.75, 3.05) is 6.54 Å². The molecule has 1 aliphatic heterocycles. The summed E-state index contributed by atoms with van der Waals surface area (Å²) in [5.74, 6) is 0. The van der Waals surface area contributed by atoms with E-state index in [-0.39, 0.29) is 0 Å². The highest BCUT2D eigenvalue weighted by atomic mass is 14.9. The fourth-order valence-corrected chi connectivity index (χ4v) is 0.361. The minimum absolute atomic E-state index is 0.951. The van der Waals surface area contributed by atoms with Crippen LogP contribution in [0.25, 0.3) is 0 Å². The zero-order valence-corrected chi connectivity index (χ0v) is 3.44. The van der Waals surface area contributed by atoms with E-state index in [1.807, 2.05) is 12.3 Å². The Morgan fingerprint density at radius 3 is 2.83 bits per heavy atom. The van der Waals surface area contributed by atoms with E-state index in [1.54, 1.807) is 6.34 Å². The van der Waals surface area contributed by atoms with E-state index in [0.29, 0.717) is 0 Å². The van der Waals surface area contributed by atoms with Crippen LogP contribution >= 0.6 is 0 Å². The first-order chi connectivity index (χ1) is 3.00. The first-order valence-electron chi connectivity index (χ1n) is 1.96. The molecule has 2 nitrogen and oxygen atoms in total. The second kappa shape index (κ2) is 1.60. The predicted molar refractivity (Wildman–Crippen MR) is 24.2 cm³/mol. The van der Waals surface area contributed by atoms with Crippen LogP contribution in [0.4, 0.5) is 0 Å². The van der Waals surface area contributed by atoms with E-state index in [2.05, 4.69) is 10.3 Å². The summed E-state index contributed by atoms with van der Waals surface area (Å²) in [5.41, 5.74) is 0. The first-order valence-corrected chi connectivity index (χ1v) is 1.96. The lowest BCUT2D eigenvalue weighted by molar-refractivity contribution is -0.442. The Balaban J connectivity index is 2.40. The normalized spacial score (nSPS) is 17.3. The molecule has 0 bridgehead atoms. The molecule has 0 aliphatic carbocycles. The Hall–Kier alpha value is -0.790. The fraction of sp³-hybridized carbons (Fsp3) is 0.250. The highest BCUT2D eigenvalue weighted by molar-refractivity contribution is 5.49. The van der Waals surface area contributed by atoms with Gasteiger partial charge in [0, 0.05) is 0 Å². The van der Waals surface area contributed by atoms with Crippen LogP contribution in [0.5, 0.6) is 0 Å².